The van der Waals surface area contributed by atoms with E-state index in [0.29, 0.717) is 41.5 Å². The average molecular weight is 441 g/mol. The number of piperidine rings is 1. The molecule has 0 aromatic carbocycles. The molecular formula is C23H28N4O3S. The summed E-state index contributed by atoms with van der Waals surface area (Å²) < 4.78 is 0. The van der Waals surface area contributed by atoms with E-state index in [2.05, 4.69) is 4.98 Å². The molecule has 31 heavy (non-hydrogen) atoms. The van der Waals surface area contributed by atoms with Crippen molar-refractivity contribution in [3.63, 3.8) is 0 Å². The van der Waals surface area contributed by atoms with Gasteiger partial charge >= 0.3 is 0 Å². The highest BCUT2D eigenvalue weighted by atomic mass is 32.1. The number of carbonyl (C=O) groups is 2. The molecule has 2 fully saturated rings. The molecule has 7 nitrogen and oxygen atoms in total. The standard InChI is InChI=1S/C23H28N4O3S/c28-21-16-10-12-26(23(30)19-9-5-13-31-19)14-17(16)24-20(25-21)18-8-3-4-11-27(18)22(29)15-6-1-2-7-15/h5,9,13,15,18H,1-4,6-8,10-12,14H2,(H,24,25,28). The van der Waals surface area contributed by atoms with E-state index in [9.17, 15) is 14.4 Å². The molecule has 5 rings (SSSR count). The highest BCUT2D eigenvalue weighted by Crippen LogP contribution is 2.34. The number of H-pyrrole nitrogens is 1. The highest BCUT2D eigenvalue weighted by Gasteiger charge is 2.35. The number of rotatable bonds is 3. The summed E-state index contributed by atoms with van der Waals surface area (Å²) in [6.07, 6.45) is 7.51. The Balaban J connectivity index is 1.42. The second kappa shape index (κ2) is 8.57. The maximum absolute atomic E-state index is 13.2. The van der Waals surface area contributed by atoms with Crippen molar-refractivity contribution in [2.45, 2.75) is 64.0 Å². The molecule has 1 aliphatic carbocycles. The van der Waals surface area contributed by atoms with Gasteiger partial charge in [-0.25, -0.2) is 4.98 Å². The van der Waals surface area contributed by atoms with Gasteiger partial charge in [-0.15, -0.1) is 11.3 Å². The van der Waals surface area contributed by atoms with Crippen molar-refractivity contribution in [1.29, 1.82) is 0 Å². The van der Waals surface area contributed by atoms with Crippen molar-refractivity contribution in [3.8, 4) is 0 Å². The molecule has 0 bridgehead atoms. The van der Waals surface area contributed by atoms with Crippen LogP contribution in [0, 0.1) is 5.92 Å². The molecule has 1 saturated carbocycles. The molecule has 2 aromatic rings. The summed E-state index contributed by atoms with van der Waals surface area (Å²) in [5.41, 5.74) is 1.22. The normalized spacial score (nSPS) is 21.9. The van der Waals surface area contributed by atoms with Gasteiger partial charge in [-0.2, -0.15) is 0 Å². The number of fused-ring (bicyclic) bond motifs is 1. The Morgan fingerprint density at radius 1 is 1.10 bits per heavy atom. The van der Waals surface area contributed by atoms with Crippen LogP contribution in [-0.2, 0) is 17.8 Å². The Bertz CT molecular complexity index is 1030. The van der Waals surface area contributed by atoms with Gasteiger partial charge in [-0.1, -0.05) is 18.9 Å². The minimum atomic E-state index is -0.178. The largest absolute Gasteiger partial charge is 0.332 e. The lowest BCUT2D eigenvalue weighted by Crippen LogP contribution is -2.44. The Kier molecular flexibility index (Phi) is 5.65. The molecule has 0 spiro atoms. The zero-order chi connectivity index (χ0) is 21.4. The summed E-state index contributed by atoms with van der Waals surface area (Å²) in [5, 5.41) is 1.89. The number of thiophene rings is 1. The van der Waals surface area contributed by atoms with E-state index in [1.54, 1.807) is 4.90 Å². The molecule has 1 saturated heterocycles. The molecule has 2 aromatic heterocycles. The van der Waals surface area contributed by atoms with Gasteiger partial charge in [0.2, 0.25) is 5.91 Å². The zero-order valence-electron chi connectivity index (χ0n) is 17.6. The van der Waals surface area contributed by atoms with Crippen LogP contribution in [0.1, 0.15) is 77.7 Å². The lowest BCUT2D eigenvalue weighted by molar-refractivity contribution is -0.139. The zero-order valence-corrected chi connectivity index (χ0v) is 18.5. The van der Waals surface area contributed by atoms with Crippen molar-refractivity contribution in [2.75, 3.05) is 13.1 Å². The van der Waals surface area contributed by atoms with Crippen LogP contribution in [0.3, 0.4) is 0 Å². The molecule has 3 aliphatic rings. The maximum Gasteiger partial charge on any atom is 0.264 e. The quantitative estimate of drug-likeness (QED) is 0.794. The first-order chi connectivity index (χ1) is 15.1. The van der Waals surface area contributed by atoms with E-state index in [1.807, 2.05) is 22.4 Å². The Morgan fingerprint density at radius 3 is 2.68 bits per heavy atom. The SMILES string of the molecule is O=C(c1cccs1)N1CCc2c(nc(C3CCCCN3C(=O)C3CCCC3)[nH]c2=O)C1. The topological polar surface area (TPSA) is 86.4 Å². The molecule has 164 valence electrons. The van der Waals surface area contributed by atoms with E-state index >= 15 is 0 Å². The van der Waals surface area contributed by atoms with E-state index in [1.165, 1.54) is 11.3 Å². The van der Waals surface area contributed by atoms with E-state index in [-0.39, 0.29) is 29.3 Å². The molecule has 2 aliphatic heterocycles. The summed E-state index contributed by atoms with van der Waals surface area (Å²) in [6.45, 7) is 1.58. The van der Waals surface area contributed by atoms with Crippen LogP contribution in [0.25, 0.3) is 0 Å². The summed E-state index contributed by atoms with van der Waals surface area (Å²) in [7, 11) is 0. The van der Waals surface area contributed by atoms with Gasteiger partial charge in [0, 0.05) is 24.6 Å². The molecule has 1 N–H and O–H groups in total. The number of nitrogens with zero attached hydrogens (tertiary/aromatic N) is 3. The highest BCUT2D eigenvalue weighted by molar-refractivity contribution is 7.12. The third-order valence-electron chi connectivity index (χ3n) is 6.92. The molecule has 4 heterocycles. The molecule has 0 radical (unpaired) electrons. The van der Waals surface area contributed by atoms with Gasteiger partial charge in [-0.05, 0) is 50.0 Å². The number of amides is 2. The first kappa shape index (κ1) is 20.4. The predicted molar refractivity (Wildman–Crippen MR) is 118 cm³/mol. The fourth-order valence-electron chi connectivity index (χ4n) is 5.23. The van der Waals surface area contributed by atoms with Crippen LogP contribution in [0.4, 0.5) is 0 Å². The molecule has 2 amide bonds. The second-order valence-electron chi connectivity index (χ2n) is 8.86. The first-order valence-corrected chi connectivity index (χ1v) is 12.2. The summed E-state index contributed by atoms with van der Waals surface area (Å²) in [6, 6.07) is 3.52. The van der Waals surface area contributed by atoms with Gasteiger partial charge in [-0.3, -0.25) is 14.4 Å². The van der Waals surface area contributed by atoms with Crippen LogP contribution in [0.5, 0.6) is 0 Å². The molecule has 1 atom stereocenters. The number of nitrogens with one attached hydrogen (secondary N) is 1. The minimum absolute atomic E-state index is 0.0139. The van der Waals surface area contributed by atoms with E-state index in [4.69, 9.17) is 4.98 Å². The number of hydrogen-bond acceptors (Lipinski definition) is 5. The predicted octanol–water partition coefficient (Wildman–Crippen LogP) is 3.27. The third-order valence-corrected chi connectivity index (χ3v) is 7.77. The van der Waals surface area contributed by atoms with Crippen LogP contribution >= 0.6 is 11.3 Å². The third kappa shape index (κ3) is 3.93. The molecule has 1 unspecified atom stereocenters. The van der Waals surface area contributed by atoms with Crippen molar-refractivity contribution < 1.29 is 9.59 Å². The number of hydrogen-bond donors (Lipinski definition) is 1. The van der Waals surface area contributed by atoms with Gasteiger partial charge < -0.3 is 14.8 Å². The van der Waals surface area contributed by atoms with Gasteiger partial charge in [0.1, 0.15) is 5.82 Å². The molecule has 8 heteroatoms. The minimum Gasteiger partial charge on any atom is -0.332 e. The van der Waals surface area contributed by atoms with Crippen LogP contribution in [0.15, 0.2) is 22.3 Å². The Morgan fingerprint density at radius 2 is 1.90 bits per heavy atom. The maximum atomic E-state index is 13.2. The number of aromatic nitrogens is 2. The monoisotopic (exact) mass is 440 g/mol. The smallest absolute Gasteiger partial charge is 0.264 e. The summed E-state index contributed by atoms with van der Waals surface area (Å²) in [4.78, 5) is 51.1. The van der Waals surface area contributed by atoms with Gasteiger partial charge in [0.25, 0.3) is 11.5 Å². The lowest BCUT2D eigenvalue weighted by atomic mass is 9.97. The second-order valence-corrected chi connectivity index (χ2v) is 9.80. The van der Waals surface area contributed by atoms with Crippen LogP contribution in [0.2, 0.25) is 0 Å². The fourth-order valence-corrected chi connectivity index (χ4v) is 5.92. The van der Waals surface area contributed by atoms with E-state index in [0.717, 1.165) is 51.5 Å². The van der Waals surface area contributed by atoms with Crippen molar-refractivity contribution in [3.05, 3.63) is 49.8 Å². The van der Waals surface area contributed by atoms with Crippen LogP contribution in [-0.4, -0.2) is 44.7 Å². The van der Waals surface area contributed by atoms with Crippen molar-refractivity contribution in [2.24, 2.45) is 5.92 Å². The van der Waals surface area contributed by atoms with Gasteiger partial charge in [0.05, 0.1) is 23.2 Å². The molecular weight excluding hydrogens is 412 g/mol. The van der Waals surface area contributed by atoms with Crippen LogP contribution < -0.4 is 5.56 Å². The number of aromatic amines is 1. The summed E-state index contributed by atoms with van der Waals surface area (Å²) >= 11 is 1.43. The van der Waals surface area contributed by atoms with Crippen molar-refractivity contribution >= 4 is 23.2 Å². The number of likely N-dealkylation sites (tertiary alicyclic amines) is 1. The van der Waals surface area contributed by atoms with Crippen molar-refractivity contribution in [1.82, 2.24) is 19.8 Å². The Hall–Kier alpha value is -2.48. The number of carbonyl (C=O) groups excluding carboxylic acids is 2. The average Bonchev–Trinajstić information content (AvgIpc) is 3.52. The fraction of sp³-hybridized carbons (Fsp3) is 0.565. The van der Waals surface area contributed by atoms with Gasteiger partial charge in [0.15, 0.2) is 0 Å². The lowest BCUT2D eigenvalue weighted by Gasteiger charge is -2.37. The Labute approximate surface area is 185 Å². The van der Waals surface area contributed by atoms with E-state index < -0.39 is 0 Å². The first-order valence-electron chi connectivity index (χ1n) is 11.4. The summed E-state index contributed by atoms with van der Waals surface area (Å²) in [5.74, 6) is 0.904.